The monoisotopic (exact) mass is 349 g/mol. The normalized spacial score (nSPS) is 10.2. The molecule has 0 unspecified atom stereocenters. The predicted molar refractivity (Wildman–Crippen MR) is 86.8 cm³/mol. The molecule has 8 heteroatoms. The van der Waals surface area contributed by atoms with Gasteiger partial charge in [0.1, 0.15) is 11.6 Å². The third-order valence-corrected chi connectivity index (χ3v) is 3.34. The largest absolute Gasteiger partial charge is 0.453 e. The first-order valence-corrected chi connectivity index (χ1v) is 7.48. The van der Waals surface area contributed by atoms with Gasteiger partial charge in [-0.25, -0.2) is 13.6 Å². The molecule has 2 aromatic rings. The number of carbonyl (C=O) groups is 2. The third kappa shape index (κ3) is 5.23. The van der Waals surface area contributed by atoms with Crippen molar-refractivity contribution in [1.29, 1.82) is 0 Å². The topological polar surface area (TPSA) is 71.5 Å². The SMILES string of the molecule is COC(=O)NCCC(=O)N(Cc1ccccn1)c1ccc(F)cc1F. The summed E-state index contributed by atoms with van der Waals surface area (Å²) in [6.45, 7) is 0.0352. The van der Waals surface area contributed by atoms with Crippen LogP contribution >= 0.6 is 0 Å². The number of aromatic nitrogens is 1. The number of benzene rings is 1. The molecule has 0 atom stereocenters. The molecule has 0 fully saturated rings. The zero-order valence-electron chi connectivity index (χ0n) is 13.5. The summed E-state index contributed by atoms with van der Waals surface area (Å²) in [6, 6.07) is 8.12. The zero-order chi connectivity index (χ0) is 18.2. The summed E-state index contributed by atoms with van der Waals surface area (Å²) in [6.07, 6.45) is 0.799. The van der Waals surface area contributed by atoms with E-state index in [0.29, 0.717) is 11.8 Å². The Bertz CT molecular complexity index is 741. The summed E-state index contributed by atoms with van der Waals surface area (Å²) >= 11 is 0. The first-order valence-electron chi connectivity index (χ1n) is 7.48. The molecule has 0 aliphatic carbocycles. The number of rotatable bonds is 6. The lowest BCUT2D eigenvalue weighted by Gasteiger charge is -2.23. The van der Waals surface area contributed by atoms with E-state index >= 15 is 0 Å². The summed E-state index contributed by atoms with van der Waals surface area (Å²) < 4.78 is 31.7. The molecule has 1 aromatic heterocycles. The van der Waals surface area contributed by atoms with Crippen molar-refractivity contribution in [3.63, 3.8) is 0 Å². The molecule has 2 rings (SSSR count). The predicted octanol–water partition coefficient (Wildman–Crippen LogP) is 2.64. The van der Waals surface area contributed by atoms with Gasteiger partial charge in [0.15, 0.2) is 0 Å². The summed E-state index contributed by atoms with van der Waals surface area (Å²) in [5.41, 5.74) is 0.482. The van der Waals surface area contributed by atoms with Crippen molar-refractivity contribution in [2.75, 3.05) is 18.6 Å². The van der Waals surface area contributed by atoms with Crippen LogP contribution in [-0.4, -0.2) is 30.6 Å². The second-order valence-electron chi connectivity index (χ2n) is 5.07. The van der Waals surface area contributed by atoms with Crippen molar-refractivity contribution in [1.82, 2.24) is 10.3 Å². The van der Waals surface area contributed by atoms with Crippen LogP contribution in [0.4, 0.5) is 19.3 Å². The summed E-state index contributed by atoms with van der Waals surface area (Å²) in [5.74, 6) is -2.04. The molecule has 1 aromatic carbocycles. The van der Waals surface area contributed by atoms with Gasteiger partial charge in [-0.15, -0.1) is 0 Å². The number of methoxy groups -OCH3 is 1. The molecule has 0 saturated heterocycles. The quantitative estimate of drug-likeness (QED) is 0.870. The molecule has 2 amide bonds. The maximum atomic E-state index is 14.1. The van der Waals surface area contributed by atoms with Gasteiger partial charge in [-0.1, -0.05) is 6.07 Å². The number of ether oxygens (including phenoxy) is 1. The van der Waals surface area contributed by atoms with Crippen molar-refractivity contribution in [2.24, 2.45) is 0 Å². The van der Waals surface area contributed by atoms with Crippen LogP contribution in [0.5, 0.6) is 0 Å². The summed E-state index contributed by atoms with van der Waals surface area (Å²) in [4.78, 5) is 28.8. The highest BCUT2D eigenvalue weighted by Gasteiger charge is 2.20. The van der Waals surface area contributed by atoms with Crippen molar-refractivity contribution in [2.45, 2.75) is 13.0 Å². The van der Waals surface area contributed by atoms with E-state index in [-0.39, 0.29) is 25.2 Å². The summed E-state index contributed by atoms with van der Waals surface area (Å²) in [7, 11) is 1.21. The average Bonchev–Trinajstić information content (AvgIpc) is 2.61. The van der Waals surface area contributed by atoms with Crippen molar-refractivity contribution < 1.29 is 23.1 Å². The van der Waals surface area contributed by atoms with Crippen LogP contribution in [0, 0.1) is 11.6 Å². The standard InChI is InChI=1S/C17H17F2N3O3/c1-25-17(24)21-9-7-16(23)22(11-13-4-2-3-8-20-13)15-6-5-12(18)10-14(15)19/h2-6,8,10H,7,9,11H2,1H3,(H,21,24). The highest BCUT2D eigenvalue weighted by atomic mass is 19.1. The minimum atomic E-state index is -0.856. The van der Waals surface area contributed by atoms with E-state index in [1.165, 1.54) is 13.2 Å². The van der Waals surface area contributed by atoms with Crippen LogP contribution in [0.25, 0.3) is 0 Å². The van der Waals surface area contributed by atoms with Gasteiger partial charge in [-0.05, 0) is 24.3 Å². The molecule has 1 N–H and O–H groups in total. The van der Waals surface area contributed by atoms with Gasteiger partial charge >= 0.3 is 6.09 Å². The number of amides is 2. The number of pyridine rings is 1. The molecule has 1 heterocycles. The Kier molecular flexibility index (Phi) is 6.39. The van der Waals surface area contributed by atoms with Gasteiger partial charge in [-0.3, -0.25) is 9.78 Å². The fourth-order valence-corrected chi connectivity index (χ4v) is 2.14. The summed E-state index contributed by atoms with van der Waals surface area (Å²) in [5, 5.41) is 2.38. The first kappa shape index (κ1) is 18.3. The second kappa shape index (κ2) is 8.72. The molecule has 0 spiro atoms. The fraction of sp³-hybridized carbons (Fsp3) is 0.235. The Morgan fingerprint density at radius 1 is 1.24 bits per heavy atom. The van der Waals surface area contributed by atoms with Crippen LogP contribution < -0.4 is 10.2 Å². The molecule has 132 valence electrons. The lowest BCUT2D eigenvalue weighted by Crippen LogP contribution is -2.35. The van der Waals surface area contributed by atoms with Crippen LogP contribution in [0.15, 0.2) is 42.6 Å². The molecule has 0 bridgehead atoms. The number of nitrogens with one attached hydrogen (secondary N) is 1. The minimum absolute atomic E-state index is 0.0143. The number of anilines is 1. The van der Waals surface area contributed by atoms with Gasteiger partial charge in [0.2, 0.25) is 5.91 Å². The van der Waals surface area contributed by atoms with Crippen molar-refractivity contribution in [3.8, 4) is 0 Å². The van der Waals surface area contributed by atoms with E-state index in [1.807, 2.05) is 0 Å². The highest BCUT2D eigenvalue weighted by Crippen LogP contribution is 2.22. The number of alkyl carbamates (subject to hydrolysis) is 1. The fourth-order valence-electron chi connectivity index (χ4n) is 2.14. The number of hydrogen-bond acceptors (Lipinski definition) is 4. The van der Waals surface area contributed by atoms with Crippen LogP contribution in [0.1, 0.15) is 12.1 Å². The van der Waals surface area contributed by atoms with E-state index in [9.17, 15) is 18.4 Å². The molecule has 0 aliphatic rings. The maximum absolute atomic E-state index is 14.1. The van der Waals surface area contributed by atoms with Crippen molar-refractivity contribution >= 4 is 17.7 Å². The maximum Gasteiger partial charge on any atom is 0.406 e. The molecule has 25 heavy (non-hydrogen) atoms. The Morgan fingerprint density at radius 2 is 2.04 bits per heavy atom. The zero-order valence-corrected chi connectivity index (χ0v) is 13.5. The average molecular weight is 349 g/mol. The van der Waals surface area contributed by atoms with E-state index in [1.54, 1.807) is 24.4 Å². The van der Waals surface area contributed by atoms with Gasteiger partial charge < -0.3 is 15.0 Å². The van der Waals surface area contributed by atoms with E-state index < -0.39 is 23.6 Å². The minimum Gasteiger partial charge on any atom is -0.453 e. The van der Waals surface area contributed by atoms with Gasteiger partial charge in [-0.2, -0.15) is 0 Å². The molecular weight excluding hydrogens is 332 g/mol. The number of halogens is 2. The molecular formula is C17H17F2N3O3. The molecule has 0 aliphatic heterocycles. The number of hydrogen-bond donors (Lipinski definition) is 1. The second-order valence-corrected chi connectivity index (χ2v) is 5.07. The Morgan fingerprint density at radius 3 is 2.68 bits per heavy atom. The first-order chi connectivity index (χ1) is 12.0. The Hall–Kier alpha value is -3.03. The smallest absolute Gasteiger partial charge is 0.406 e. The Balaban J connectivity index is 2.19. The van der Waals surface area contributed by atoms with E-state index in [0.717, 1.165) is 11.0 Å². The van der Waals surface area contributed by atoms with Crippen LogP contribution in [0.3, 0.4) is 0 Å². The van der Waals surface area contributed by atoms with E-state index in [4.69, 9.17) is 0 Å². The highest BCUT2D eigenvalue weighted by molar-refractivity contribution is 5.93. The third-order valence-electron chi connectivity index (χ3n) is 3.34. The van der Waals surface area contributed by atoms with Crippen LogP contribution in [0.2, 0.25) is 0 Å². The lowest BCUT2D eigenvalue weighted by molar-refractivity contribution is -0.118. The van der Waals surface area contributed by atoms with Crippen molar-refractivity contribution in [3.05, 3.63) is 59.9 Å². The Labute approximate surface area is 143 Å². The lowest BCUT2D eigenvalue weighted by atomic mass is 10.2. The molecule has 0 radical (unpaired) electrons. The molecule has 0 saturated carbocycles. The van der Waals surface area contributed by atoms with Gasteiger partial charge in [0.05, 0.1) is 25.0 Å². The number of carbonyl (C=O) groups excluding carboxylic acids is 2. The number of nitrogens with zero attached hydrogens (tertiary/aromatic N) is 2. The molecule has 6 nitrogen and oxygen atoms in total. The van der Waals surface area contributed by atoms with Gasteiger partial charge in [0, 0.05) is 25.2 Å². The van der Waals surface area contributed by atoms with Crippen LogP contribution in [-0.2, 0) is 16.1 Å². The van der Waals surface area contributed by atoms with Gasteiger partial charge in [0.25, 0.3) is 0 Å². The van der Waals surface area contributed by atoms with E-state index in [2.05, 4.69) is 15.0 Å².